The molecule has 3 unspecified atom stereocenters. The molecule has 1 amide bonds. The Morgan fingerprint density at radius 3 is 2.85 bits per heavy atom. The number of ketones is 1. The Labute approximate surface area is 191 Å². The minimum Gasteiger partial charge on any atom is -0.495 e. The predicted molar refractivity (Wildman–Crippen MR) is 120 cm³/mol. The molecule has 5 rings (SSSR count). The number of ether oxygens (including phenoxy) is 2. The van der Waals surface area contributed by atoms with Crippen molar-refractivity contribution in [2.75, 3.05) is 7.11 Å². The van der Waals surface area contributed by atoms with Gasteiger partial charge in [-0.3, -0.25) is 14.6 Å². The molecule has 0 spiro atoms. The first-order chi connectivity index (χ1) is 15.7. The summed E-state index contributed by atoms with van der Waals surface area (Å²) in [4.78, 5) is 31.4. The zero-order valence-corrected chi connectivity index (χ0v) is 18.6. The average Bonchev–Trinajstić information content (AvgIpc) is 3.16. The highest BCUT2D eigenvalue weighted by molar-refractivity contribution is 6.14. The summed E-state index contributed by atoms with van der Waals surface area (Å²) >= 11 is 0. The van der Waals surface area contributed by atoms with E-state index in [4.69, 9.17) is 15.2 Å². The molecule has 33 heavy (non-hydrogen) atoms. The van der Waals surface area contributed by atoms with Crippen LogP contribution < -0.4 is 20.5 Å². The van der Waals surface area contributed by atoms with Crippen molar-refractivity contribution in [3.63, 3.8) is 0 Å². The third-order valence-electron chi connectivity index (χ3n) is 6.64. The van der Waals surface area contributed by atoms with Gasteiger partial charge in [-0.05, 0) is 30.0 Å². The summed E-state index contributed by atoms with van der Waals surface area (Å²) in [6.07, 6.45) is 6.74. The van der Waals surface area contributed by atoms with E-state index in [2.05, 4.69) is 10.3 Å². The number of nitrogens with zero attached hydrogens (tertiary/aromatic N) is 1. The average molecular weight is 447 g/mol. The van der Waals surface area contributed by atoms with E-state index in [0.29, 0.717) is 23.5 Å². The molecule has 0 saturated heterocycles. The van der Waals surface area contributed by atoms with Crippen molar-refractivity contribution < 1.29 is 24.2 Å². The third-order valence-corrected chi connectivity index (χ3v) is 6.64. The van der Waals surface area contributed by atoms with Crippen LogP contribution in [0.3, 0.4) is 0 Å². The Hall–Kier alpha value is -3.49. The number of carbonyl (C=O) groups is 2. The minimum absolute atomic E-state index is 0.177. The fourth-order valence-corrected chi connectivity index (χ4v) is 4.88. The van der Waals surface area contributed by atoms with E-state index in [0.717, 1.165) is 5.56 Å². The van der Waals surface area contributed by atoms with Crippen molar-refractivity contribution >= 4 is 11.7 Å². The van der Waals surface area contributed by atoms with Gasteiger partial charge in [0.15, 0.2) is 5.78 Å². The molecule has 2 heterocycles. The molecule has 0 saturated carbocycles. The van der Waals surface area contributed by atoms with Crippen molar-refractivity contribution in [2.24, 2.45) is 5.73 Å². The number of fused-ring (bicyclic) bond motifs is 4. The SMILES string of the molecule is COc1cncc(C(=O)NC23C(=O)C4=C(C=CCC4N)C2(O)Oc2cc(C(C)C)ccc23)c1. The molecule has 1 aromatic carbocycles. The maximum Gasteiger partial charge on any atom is 0.270 e. The molecule has 8 heteroatoms. The molecule has 0 bridgehead atoms. The summed E-state index contributed by atoms with van der Waals surface area (Å²) in [5, 5.41) is 14.8. The van der Waals surface area contributed by atoms with Crippen LogP contribution in [0.25, 0.3) is 0 Å². The number of methoxy groups -OCH3 is 1. The quantitative estimate of drug-likeness (QED) is 0.656. The van der Waals surface area contributed by atoms with E-state index < -0.39 is 29.1 Å². The lowest BCUT2D eigenvalue weighted by Crippen LogP contribution is -2.63. The van der Waals surface area contributed by atoms with Gasteiger partial charge in [-0.25, -0.2) is 0 Å². The number of hydrogen-bond acceptors (Lipinski definition) is 7. The molecule has 2 aromatic rings. The summed E-state index contributed by atoms with van der Waals surface area (Å²) in [6.45, 7) is 4.07. The van der Waals surface area contributed by atoms with E-state index in [1.807, 2.05) is 19.9 Å². The smallest absolute Gasteiger partial charge is 0.270 e. The second-order valence-corrected chi connectivity index (χ2v) is 8.87. The highest BCUT2D eigenvalue weighted by Gasteiger charge is 2.72. The molecular formula is C25H25N3O5. The molecule has 0 fully saturated rings. The van der Waals surface area contributed by atoms with E-state index in [1.165, 1.54) is 25.6 Å². The topological polar surface area (TPSA) is 124 Å². The first kappa shape index (κ1) is 21.4. The number of pyridine rings is 1. The molecule has 0 radical (unpaired) electrons. The van der Waals surface area contributed by atoms with Crippen LogP contribution in [0, 0.1) is 0 Å². The van der Waals surface area contributed by atoms with Gasteiger partial charge in [0, 0.05) is 28.9 Å². The first-order valence-electron chi connectivity index (χ1n) is 10.8. The fraction of sp³-hybridized carbons (Fsp3) is 0.320. The number of rotatable bonds is 4. The van der Waals surface area contributed by atoms with E-state index in [-0.39, 0.29) is 22.6 Å². The maximum atomic E-state index is 14.0. The zero-order valence-electron chi connectivity index (χ0n) is 18.6. The lowest BCUT2D eigenvalue weighted by atomic mass is 9.80. The molecule has 3 atom stereocenters. The molecule has 8 nitrogen and oxygen atoms in total. The predicted octanol–water partition coefficient (Wildman–Crippen LogP) is 2.09. The second-order valence-electron chi connectivity index (χ2n) is 8.87. The summed E-state index contributed by atoms with van der Waals surface area (Å²) in [5.74, 6) is -2.27. The van der Waals surface area contributed by atoms with Crippen LogP contribution in [-0.2, 0) is 10.3 Å². The standard InChI is InChI=1S/C25H25N3O5/c1-13(2)14-7-8-17-20(10-14)33-25(31)18-5-4-6-19(26)21(18)22(29)24(17,25)28-23(30)15-9-16(32-3)12-27-11-15/h4-5,7-13,19,31H,6,26H2,1-3H3,(H,28,30). The molecule has 1 aliphatic heterocycles. The van der Waals surface area contributed by atoms with Crippen molar-refractivity contribution in [2.45, 2.75) is 43.6 Å². The Kier molecular flexibility index (Phi) is 4.70. The summed E-state index contributed by atoms with van der Waals surface area (Å²) in [6, 6.07) is 6.31. The number of nitrogens with two attached hydrogens (primary N) is 1. The van der Waals surface area contributed by atoms with Crippen molar-refractivity contribution in [1.82, 2.24) is 10.3 Å². The Morgan fingerprint density at radius 2 is 2.12 bits per heavy atom. The lowest BCUT2D eigenvalue weighted by molar-refractivity contribution is -0.154. The third kappa shape index (κ3) is 2.81. The maximum absolute atomic E-state index is 14.0. The number of aliphatic hydroxyl groups is 1. The first-order valence-corrected chi connectivity index (χ1v) is 10.8. The van der Waals surface area contributed by atoms with Gasteiger partial charge in [0.2, 0.25) is 5.54 Å². The van der Waals surface area contributed by atoms with Crippen LogP contribution in [0.1, 0.15) is 47.7 Å². The van der Waals surface area contributed by atoms with E-state index >= 15 is 0 Å². The fourth-order valence-electron chi connectivity index (χ4n) is 4.88. The van der Waals surface area contributed by atoms with Gasteiger partial charge in [-0.2, -0.15) is 0 Å². The number of amides is 1. The number of hydrogen-bond donors (Lipinski definition) is 3. The molecule has 3 aliphatic rings. The van der Waals surface area contributed by atoms with E-state index in [1.54, 1.807) is 24.3 Å². The number of benzene rings is 1. The molecule has 170 valence electrons. The van der Waals surface area contributed by atoms with Gasteiger partial charge < -0.3 is 25.6 Å². The van der Waals surface area contributed by atoms with Gasteiger partial charge in [0.05, 0.1) is 18.9 Å². The minimum atomic E-state index is -2.13. The van der Waals surface area contributed by atoms with Crippen LogP contribution in [0.4, 0.5) is 0 Å². The highest BCUT2D eigenvalue weighted by Crippen LogP contribution is 2.57. The number of Topliss-reactive ketones (excluding diaryl/α,β-unsaturated/α-hetero) is 1. The van der Waals surface area contributed by atoms with Gasteiger partial charge in [-0.1, -0.05) is 38.1 Å². The van der Waals surface area contributed by atoms with Crippen molar-refractivity contribution in [1.29, 1.82) is 0 Å². The summed E-state index contributed by atoms with van der Waals surface area (Å²) < 4.78 is 11.3. The second kappa shape index (κ2) is 7.26. The number of nitrogens with one attached hydrogen (secondary N) is 1. The molecular weight excluding hydrogens is 422 g/mol. The Bertz CT molecular complexity index is 1250. The van der Waals surface area contributed by atoms with Crippen LogP contribution in [0.2, 0.25) is 0 Å². The van der Waals surface area contributed by atoms with E-state index in [9.17, 15) is 14.7 Å². The Balaban J connectivity index is 1.68. The summed E-state index contributed by atoms with van der Waals surface area (Å²) in [5.41, 5.74) is 6.47. The van der Waals surface area contributed by atoms with Crippen molar-refractivity contribution in [3.05, 3.63) is 76.6 Å². The molecule has 1 aromatic heterocycles. The largest absolute Gasteiger partial charge is 0.495 e. The van der Waals surface area contributed by atoms with Gasteiger partial charge in [0.1, 0.15) is 11.5 Å². The van der Waals surface area contributed by atoms with Gasteiger partial charge in [-0.15, -0.1) is 0 Å². The van der Waals surface area contributed by atoms with Crippen LogP contribution in [0.15, 0.2) is 60.0 Å². The monoisotopic (exact) mass is 447 g/mol. The van der Waals surface area contributed by atoms with Crippen LogP contribution in [-0.4, -0.2) is 40.7 Å². The van der Waals surface area contributed by atoms with Crippen LogP contribution >= 0.6 is 0 Å². The molecule has 2 aliphatic carbocycles. The van der Waals surface area contributed by atoms with Crippen molar-refractivity contribution in [3.8, 4) is 11.5 Å². The zero-order chi connectivity index (χ0) is 23.5. The highest BCUT2D eigenvalue weighted by atomic mass is 16.6. The van der Waals surface area contributed by atoms with Gasteiger partial charge in [0.25, 0.3) is 11.7 Å². The number of aromatic nitrogens is 1. The molecule has 4 N–H and O–H groups in total. The normalized spacial score (nSPS) is 27.2. The Morgan fingerprint density at radius 1 is 1.33 bits per heavy atom. The van der Waals surface area contributed by atoms with Crippen LogP contribution in [0.5, 0.6) is 11.5 Å². The lowest BCUT2D eigenvalue weighted by Gasteiger charge is -2.35. The number of carbonyl (C=O) groups excluding carboxylic acids is 2. The summed E-state index contributed by atoms with van der Waals surface area (Å²) in [7, 11) is 1.47. The van der Waals surface area contributed by atoms with Gasteiger partial charge >= 0.3 is 0 Å².